The van der Waals surface area contributed by atoms with Crippen LogP contribution in [0.2, 0.25) is 0 Å². The molecule has 0 heterocycles. The largest absolute Gasteiger partial charge is 0.462 e. The highest BCUT2D eigenvalue weighted by atomic mass is 16.6. The normalized spacial score (nSPS) is 12.1. The fourth-order valence-corrected chi connectivity index (χ4v) is 8.08. The average Bonchev–Trinajstić information content (AvgIpc) is 3.23. The Kier molecular flexibility index (Phi) is 48.8. The zero-order chi connectivity index (χ0) is 42.1. The summed E-state index contributed by atoms with van der Waals surface area (Å²) in [6.45, 7) is 4.18. The van der Waals surface area contributed by atoms with E-state index in [4.69, 9.17) is 9.47 Å². The summed E-state index contributed by atoms with van der Waals surface area (Å²) in [6.07, 6.45) is 60.3. The van der Waals surface area contributed by atoms with Gasteiger partial charge < -0.3 is 14.6 Å². The van der Waals surface area contributed by atoms with E-state index < -0.39 is 6.10 Å². The van der Waals surface area contributed by atoms with Crippen molar-refractivity contribution in [1.82, 2.24) is 0 Å². The van der Waals surface area contributed by atoms with Gasteiger partial charge in [0.05, 0.1) is 6.61 Å². The first kappa shape index (κ1) is 56.6. The van der Waals surface area contributed by atoms with Crippen molar-refractivity contribution in [3.63, 3.8) is 0 Å². The zero-order valence-corrected chi connectivity index (χ0v) is 39.3. The molecule has 0 aliphatic carbocycles. The molecule has 0 radical (unpaired) electrons. The number of carbonyl (C=O) groups excluding carboxylic acids is 2. The Morgan fingerprint density at radius 3 is 0.931 bits per heavy atom. The van der Waals surface area contributed by atoms with Crippen LogP contribution in [0.25, 0.3) is 0 Å². The lowest BCUT2D eigenvalue weighted by Crippen LogP contribution is -2.28. The maximum absolute atomic E-state index is 12.2. The maximum Gasteiger partial charge on any atom is 0.306 e. The molecule has 1 N–H and O–H groups in total. The lowest BCUT2D eigenvalue weighted by atomic mass is 10.0. The molecule has 0 bridgehead atoms. The van der Waals surface area contributed by atoms with Crippen molar-refractivity contribution in [3.05, 3.63) is 12.2 Å². The van der Waals surface area contributed by atoms with Crippen LogP contribution in [0.3, 0.4) is 0 Å². The molecule has 0 saturated heterocycles. The number of hydrogen-bond acceptors (Lipinski definition) is 5. The van der Waals surface area contributed by atoms with Gasteiger partial charge in [0.25, 0.3) is 0 Å². The van der Waals surface area contributed by atoms with Crippen LogP contribution in [-0.2, 0) is 19.1 Å². The Bertz CT molecular complexity index is 840. The van der Waals surface area contributed by atoms with Crippen molar-refractivity contribution in [2.75, 3.05) is 13.2 Å². The van der Waals surface area contributed by atoms with E-state index in [1.54, 1.807) is 0 Å². The van der Waals surface area contributed by atoms with Gasteiger partial charge in [-0.15, -0.1) is 0 Å². The van der Waals surface area contributed by atoms with Crippen LogP contribution in [0.4, 0.5) is 0 Å². The summed E-state index contributed by atoms with van der Waals surface area (Å²) in [4.78, 5) is 24.4. The third-order valence-electron chi connectivity index (χ3n) is 12.1. The number of allylic oxidation sites excluding steroid dienone is 2. The van der Waals surface area contributed by atoms with Gasteiger partial charge in [-0.25, -0.2) is 0 Å². The smallest absolute Gasteiger partial charge is 0.306 e. The fourth-order valence-electron chi connectivity index (χ4n) is 8.08. The van der Waals surface area contributed by atoms with E-state index in [0.29, 0.717) is 12.8 Å². The molecule has 0 saturated carbocycles. The van der Waals surface area contributed by atoms with Crippen LogP contribution in [0.5, 0.6) is 0 Å². The van der Waals surface area contributed by atoms with Crippen molar-refractivity contribution < 1.29 is 24.2 Å². The van der Waals surface area contributed by atoms with Crippen molar-refractivity contribution in [2.24, 2.45) is 0 Å². The SMILES string of the molecule is CCCCCCCC/C=C\CCCCCCCCCC(=O)OC(CO)COC(=O)CCCCCCCCCCCCCCCCCCCCCCCCCCCCC. The second kappa shape index (κ2) is 50.0. The van der Waals surface area contributed by atoms with Gasteiger partial charge in [-0.2, -0.15) is 0 Å². The first-order valence-corrected chi connectivity index (χ1v) is 26.2. The Morgan fingerprint density at radius 1 is 0.379 bits per heavy atom. The number of rotatable bonds is 49. The quantitative estimate of drug-likeness (QED) is 0.0376. The van der Waals surface area contributed by atoms with Crippen LogP contribution in [0.15, 0.2) is 12.2 Å². The molecule has 0 rings (SSSR count). The van der Waals surface area contributed by atoms with Gasteiger partial charge in [-0.05, 0) is 38.5 Å². The molecular weight excluding hydrogens is 717 g/mol. The third-order valence-corrected chi connectivity index (χ3v) is 12.1. The van der Waals surface area contributed by atoms with Gasteiger partial charge in [0, 0.05) is 12.8 Å². The minimum atomic E-state index is -0.768. The Hall–Kier alpha value is -1.36. The molecular formula is C53H102O5. The minimum absolute atomic E-state index is 0.0607. The number of unbranched alkanes of at least 4 members (excludes halogenated alkanes) is 39. The molecule has 5 nitrogen and oxygen atoms in total. The van der Waals surface area contributed by atoms with Gasteiger partial charge in [0.2, 0.25) is 0 Å². The van der Waals surface area contributed by atoms with E-state index >= 15 is 0 Å². The lowest BCUT2D eigenvalue weighted by Gasteiger charge is -2.15. The number of esters is 2. The number of aliphatic hydroxyl groups is 1. The summed E-state index contributed by atoms with van der Waals surface area (Å²) in [5.41, 5.74) is 0. The van der Waals surface area contributed by atoms with E-state index in [0.717, 1.165) is 32.1 Å². The summed E-state index contributed by atoms with van der Waals surface area (Å²) in [6, 6.07) is 0. The monoisotopic (exact) mass is 819 g/mol. The Labute approximate surface area is 362 Å². The standard InChI is InChI=1S/C53H102O5/c1-3-5-7-9-11-13-15-17-19-21-22-23-24-25-26-27-28-29-30-32-33-35-37-39-41-43-45-47-52(55)57-50-51(49-54)58-53(56)48-46-44-42-40-38-36-34-31-20-18-16-14-12-10-8-6-4-2/h18,20,51,54H,3-17,19,21-50H2,1-2H3/b20-18-. The van der Waals surface area contributed by atoms with Gasteiger partial charge in [0.15, 0.2) is 6.10 Å². The summed E-state index contributed by atoms with van der Waals surface area (Å²) < 4.78 is 10.7. The summed E-state index contributed by atoms with van der Waals surface area (Å²) in [5.74, 6) is -0.577. The zero-order valence-electron chi connectivity index (χ0n) is 39.3. The predicted molar refractivity (Wildman–Crippen MR) is 252 cm³/mol. The third kappa shape index (κ3) is 47.3. The van der Waals surface area contributed by atoms with Crippen LogP contribution in [-0.4, -0.2) is 36.4 Å². The molecule has 0 aliphatic rings. The summed E-state index contributed by atoms with van der Waals surface area (Å²) in [7, 11) is 0. The predicted octanol–water partition coefficient (Wildman–Crippen LogP) is 17.2. The van der Waals surface area contributed by atoms with Crippen LogP contribution < -0.4 is 0 Å². The molecule has 0 amide bonds. The van der Waals surface area contributed by atoms with Crippen LogP contribution in [0.1, 0.15) is 296 Å². The molecule has 1 unspecified atom stereocenters. The number of ether oxygens (including phenoxy) is 2. The molecule has 344 valence electrons. The van der Waals surface area contributed by atoms with Crippen molar-refractivity contribution >= 4 is 11.9 Å². The Balaban J connectivity index is 3.41. The van der Waals surface area contributed by atoms with Crippen molar-refractivity contribution in [3.8, 4) is 0 Å². The lowest BCUT2D eigenvalue weighted by molar-refractivity contribution is -0.161. The molecule has 0 spiro atoms. The second-order valence-corrected chi connectivity index (χ2v) is 18.0. The number of hydrogen-bond donors (Lipinski definition) is 1. The highest BCUT2D eigenvalue weighted by molar-refractivity contribution is 5.70. The minimum Gasteiger partial charge on any atom is -0.462 e. The first-order chi connectivity index (χ1) is 28.6. The molecule has 0 aliphatic heterocycles. The van der Waals surface area contributed by atoms with Gasteiger partial charge in [-0.3, -0.25) is 9.59 Å². The summed E-state index contributed by atoms with van der Waals surface area (Å²) in [5, 5.41) is 9.62. The van der Waals surface area contributed by atoms with Gasteiger partial charge >= 0.3 is 11.9 Å². The highest BCUT2D eigenvalue weighted by Gasteiger charge is 2.16. The number of aliphatic hydroxyl groups excluding tert-OH is 1. The maximum atomic E-state index is 12.2. The number of carbonyl (C=O) groups is 2. The van der Waals surface area contributed by atoms with Crippen molar-refractivity contribution in [1.29, 1.82) is 0 Å². The van der Waals surface area contributed by atoms with E-state index in [2.05, 4.69) is 26.0 Å². The van der Waals surface area contributed by atoms with Crippen LogP contribution in [0, 0.1) is 0 Å². The molecule has 58 heavy (non-hydrogen) atoms. The molecule has 0 aromatic carbocycles. The topological polar surface area (TPSA) is 72.8 Å². The van der Waals surface area contributed by atoms with E-state index in [1.165, 1.54) is 238 Å². The molecule has 0 aromatic rings. The van der Waals surface area contributed by atoms with E-state index in [1.807, 2.05) is 0 Å². The molecule has 0 aromatic heterocycles. The Morgan fingerprint density at radius 2 is 0.638 bits per heavy atom. The highest BCUT2D eigenvalue weighted by Crippen LogP contribution is 2.17. The summed E-state index contributed by atoms with van der Waals surface area (Å²) >= 11 is 0. The molecule has 5 heteroatoms. The van der Waals surface area contributed by atoms with E-state index in [9.17, 15) is 14.7 Å². The van der Waals surface area contributed by atoms with Crippen molar-refractivity contribution in [2.45, 2.75) is 302 Å². The van der Waals surface area contributed by atoms with E-state index in [-0.39, 0.29) is 25.2 Å². The first-order valence-electron chi connectivity index (χ1n) is 26.2. The van der Waals surface area contributed by atoms with Crippen LogP contribution >= 0.6 is 0 Å². The fraction of sp³-hybridized carbons (Fsp3) is 0.925. The second-order valence-electron chi connectivity index (χ2n) is 18.0. The van der Waals surface area contributed by atoms with Gasteiger partial charge in [-0.1, -0.05) is 257 Å². The molecule has 1 atom stereocenters. The molecule has 0 fully saturated rings. The van der Waals surface area contributed by atoms with Gasteiger partial charge in [0.1, 0.15) is 6.61 Å². The average molecular weight is 819 g/mol.